The highest BCUT2D eigenvalue weighted by atomic mass is 15.1. The molecule has 3 heteroatoms. The maximum atomic E-state index is 4.65. The minimum absolute atomic E-state index is 0.263. The van der Waals surface area contributed by atoms with Crippen LogP contribution in [0.5, 0.6) is 0 Å². The average molecular weight is 898 g/mol. The van der Waals surface area contributed by atoms with Crippen molar-refractivity contribution in [1.29, 1.82) is 0 Å². The summed E-state index contributed by atoms with van der Waals surface area (Å²) in [5.41, 5.74) is 20.4. The topological polar surface area (TPSA) is 12.6 Å². The summed E-state index contributed by atoms with van der Waals surface area (Å²) in [4.78, 5) is 2.53. The first-order valence-electron chi connectivity index (χ1n) is 25.0. The summed E-state index contributed by atoms with van der Waals surface area (Å²) in [6.45, 7) is 4.65. The number of rotatable bonds is 6. The highest BCUT2D eigenvalue weighted by molar-refractivity contribution is 6.24. The molecule has 0 aliphatic heterocycles. The Labute approximate surface area is 408 Å². The molecule has 3 nitrogen and oxygen atoms in total. The van der Waals surface area contributed by atoms with E-state index in [9.17, 15) is 0 Å². The van der Waals surface area contributed by atoms with Crippen molar-refractivity contribution in [3.05, 3.63) is 265 Å². The lowest BCUT2D eigenvalue weighted by Gasteiger charge is -2.34. The molecule has 4 aliphatic carbocycles. The van der Waals surface area contributed by atoms with Gasteiger partial charge in [-0.1, -0.05) is 164 Å². The zero-order valence-electron chi connectivity index (χ0n) is 39.1. The van der Waals surface area contributed by atoms with Crippen LogP contribution in [-0.2, 0) is 0 Å². The molecule has 0 saturated carbocycles. The SMILES string of the molecule is C=C1/C=C\C=C/CC2CC=CC=C2C2=CC=C(C3=CC=C(N(c4ccc(-c5ccc(-n6c7ccccc7c7ccccc76)cc5)cc4)c4cc5c6ccccc6n6c7ccccc7c(c4)c56)CC3)CC12. The van der Waals surface area contributed by atoms with Gasteiger partial charge in [0.1, 0.15) is 0 Å². The van der Waals surface area contributed by atoms with Crippen molar-refractivity contribution >= 4 is 71.3 Å². The molecular formula is C67H51N3. The molecule has 14 rings (SSSR count). The molecule has 0 bridgehead atoms. The first-order valence-corrected chi connectivity index (χ1v) is 25.0. The molecule has 70 heavy (non-hydrogen) atoms. The van der Waals surface area contributed by atoms with Gasteiger partial charge in [-0.05, 0) is 144 Å². The van der Waals surface area contributed by atoms with Crippen LogP contribution in [0.1, 0.15) is 32.1 Å². The van der Waals surface area contributed by atoms with E-state index >= 15 is 0 Å². The van der Waals surface area contributed by atoms with E-state index in [-0.39, 0.29) is 5.92 Å². The first kappa shape index (κ1) is 40.6. The van der Waals surface area contributed by atoms with E-state index in [0.29, 0.717) is 5.92 Å². The van der Waals surface area contributed by atoms with Gasteiger partial charge in [-0.3, -0.25) is 0 Å². The van der Waals surface area contributed by atoms with Crippen molar-refractivity contribution in [2.45, 2.75) is 32.1 Å². The molecule has 7 aromatic carbocycles. The highest BCUT2D eigenvalue weighted by Crippen LogP contribution is 2.47. The van der Waals surface area contributed by atoms with Crippen LogP contribution in [0, 0.1) is 11.8 Å². The zero-order valence-corrected chi connectivity index (χ0v) is 39.1. The lowest BCUT2D eigenvalue weighted by atomic mass is 9.72. The first-order chi connectivity index (χ1) is 34.6. The van der Waals surface area contributed by atoms with Crippen LogP contribution < -0.4 is 4.90 Å². The van der Waals surface area contributed by atoms with Crippen molar-refractivity contribution in [3.8, 4) is 16.8 Å². The smallest absolute Gasteiger partial charge is 0.0622 e. The van der Waals surface area contributed by atoms with E-state index in [1.807, 2.05) is 0 Å². The highest BCUT2D eigenvalue weighted by Gasteiger charge is 2.30. The molecule has 0 N–H and O–H groups in total. The van der Waals surface area contributed by atoms with Gasteiger partial charge < -0.3 is 13.9 Å². The Bertz CT molecular complexity index is 3900. The van der Waals surface area contributed by atoms with Gasteiger partial charge in [0, 0.05) is 61.0 Å². The number of anilines is 2. The number of para-hydroxylation sites is 4. The Morgan fingerprint density at radius 2 is 1.04 bits per heavy atom. The second-order valence-corrected chi connectivity index (χ2v) is 19.6. The van der Waals surface area contributed by atoms with Gasteiger partial charge in [0.2, 0.25) is 0 Å². The predicted octanol–water partition coefficient (Wildman–Crippen LogP) is 17.8. The number of benzene rings is 7. The molecular weight excluding hydrogens is 847 g/mol. The van der Waals surface area contributed by atoms with Crippen LogP contribution in [0.2, 0.25) is 0 Å². The molecule has 0 spiro atoms. The van der Waals surface area contributed by atoms with E-state index < -0.39 is 0 Å². The van der Waals surface area contributed by atoms with Crippen LogP contribution in [0.3, 0.4) is 0 Å². The Morgan fingerprint density at radius 1 is 0.471 bits per heavy atom. The Morgan fingerprint density at radius 3 is 1.67 bits per heavy atom. The molecule has 334 valence electrons. The summed E-state index contributed by atoms with van der Waals surface area (Å²) in [7, 11) is 0. The lowest BCUT2D eigenvalue weighted by molar-refractivity contribution is 0.598. The molecule has 3 aromatic heterocycles. The van der Waals surface area contributed by atoms with Crippen LogP contribution in [0.4, 0.5) is 11.4 Å². The van der Waals surface area contributed by atoms with Crippen molar-refractivity contribution in [2.24, 2.45) is 11.8 Å². The van der Waals surface area contributed by atoms with Gasteiger partial charge in [-0.15, -0.1) is 0 Å². The number of fused-ring (bicyclic) bond motifs is 12. The zero-order chi connectivity index (χ0) is 46.3. The number of aromatic nitrogens is 2. The van der Waals surface area contributed by atoms with Gasteiger partial charge in [0.05, 0.1) is 27.6 Å². The summed E-state index contributed by atoms with van der Waals surface area (Å²) >= 11 is 0. The third-order valence-corrected chi connectivity index (χ3v) is 15.7. The molecule has 0 saturated heterocycles. The largest absolute Gasteiger partial charge is 0.314 e. The minimum Gasteiger partial charge on any atom is -0.314 e. The molecule has 3 heterocycles. The Balaban J connectivity index is 0.862. The predicted molar refractivity (Wildman–Crippen MR) is 296 cm³/mol. The lowest BCUT2D eigenvalue weighted by Crippen LogP contribution is -2.20. The Hall–Kier alpha value is -8.40. The number of hydrogen-bond acceptors (Lipinski definition) is 1. The van der Waals surface area contributed by atoms with E-state index in [0.717, 1.165) is 43.5 Å². The number of hydrogen-bond donors (Lipinski definition) is 0. The standard InChI is InChI=1S/C67H51N3/c1-44-15-3-2-4-16-48-17-5-6-18-54(48)55-40-33-49(41-60(44)55)47-31-36-51(37-32-47)68(53-42-61-58-21-9-13-25-65(58)70-66-26-14-10-22-59(66)62(43-53)67(61)70)50-34-27-45(28-35-50)46-29-38-52(39-30-46)69-63-23-11-7-19-56(63)57-20-8-12-24-64(57)69/h2-15,18-31,33-36,38-40,42-43,48,60H,1,16-17,32,37,41H2/b4-2-,15-3-. The van der Waals surface area contributed by atoms with Crippen LogP contribution in [0.25, 0.3) is 76.7 Å². The number of allylic oxidation sites excluding steroid dienone is 17. The quantitative estimate of drug-likeness (QED) is 0.162. The Kier molecular flexibility index (Phi) is 9.52. The van der Waals surface area contributed by atoms with E-state index in [1.54, 1.807) is 0 Å². The summed E-state index contributed by atoms with van der Waals surface area (Å²) in [6, 6.07) is 58.4. The van der Waals surface area contributed by atoms with E-state index in [2.05, 4.69) is 245 Å². The summed E-state index contributed by atoms with van der Waals surface area (Å²) in [5, 5.41) is 7.69. The van der Waals surface area contributed by atoms with Crippen molar-refractivity contribution < 1.29 is 0 Å². The summed E-state index contributed by atoms with van der Waals surface area (Å²) in [5.74, 6) is 0.773. The molecule has 0 fully saturated rings. The fraction of sp³-hybridized carbons (Fsp3) is 0.104. The minimum atomic E-state index is 0.263. The third kappa shape index (κ3) is 6.49. The second kappa shape index (κ2) is 16.4. The molecule has 4 aliphatic rings. The molecule has 2 unspecified atom stereocenters. The van der Waals surface area contributed by atoms with Gasteiger partial charge in [-0.25, -0.2) is 0 Å². The fourth-order valence-electron chi connectivity index (χ4n) is 12.4. The fourth-order valence-corrected chi connectivity index (χ4v) is 12.4. The van der Waals surface area contributed by atoms with Gasteiger partial charge in [0.25, 0.3) is 0 Å². The normalized spacial score (nSPS) is 19.2. The molecule has 10 aromatic rings. The summed E-state index contributed by atoms with van der Waals surface area (Å²) in [6.07, 6.45) is 30.5. The summed E-state index contributed by atoms with van der Waals surface area (Å²) < 4.78 is 4.86. The van der Waals surface area contributed by atoms with Crippen LogP contribution in [-0.4, -0.2) is 8.97 Å². The maximum Gasteiger partial charge on any atom is 0.0622 e. The van der Waals surface area contributed by atoms with Crippen molar-refractivity contribution in [1.82, 2.24) is 8.97 Å². The van der Waals surface area contributed by atoms with Crippen LogP contribution >= 0.6 is 0 Å². The van der Waals surface area contributed by atoms with Crippen molar-refractivity contribution in [2.75, 3.05) is 4.90 Å². The maximum absolute atomic E-state index is 4.65. The average Bonchev–Trinajstić information content (AvgIpc) is 4.06. The van der Waals surface area contributed by atoms with Gasteiger partial charge in [-0.2, -0.15) is 0 Å². The van der Waals surface area contributed by atoms with E-state index in [4.69, 9.17) is 0 Å². The van der Waals surface area contributed by atoms with Gasteiger partial charge in [0.15, 0.2) is 0 Å². The molecule has 0 amide bonds. The van der Waals surface area contributed by atoms with Crippen molar-refractivity contribution in [3.63, 3.8) is 0 Å². The van der Waals surface area contributed by atoms with Crippen LogP contribution in [0.15, 0.2) is 265 Å². The second-order valence-electron chi connectivity index (χ2n) is 19.6. The molecule has 0 radical (unpaired) electrons. The number of nitrogens with zero attached hydrogens (tertiary/aromatic N) is 3. The molecule has 2 atom stereocenters. The van der Waals surface area contributed by atoms with Gasteiger partial charge >= 0.3 is 0 Å². The third-order valence-electron chi connectivity index (χ3n) is 15.7. The van der Waals surface area contributed by atoms with E-state index in [1.165, 1.54) is 110 Å². The monoisotopic (exact) mass is 897 g/mol.